The van der Waals surface area contributed by atoms with Crippen LogP contribution in [0.25, 0.3) is 6.08 Å². The van der Waals surface area contributed by atoms with Gasteiger partial charge < -0.3 is 10.2 Å². The van der Waals surface area contributed by atoms with Crippen LogP contribution < -0.4 is 5.32 Å². The van der Waals surface area contributed by atoms with Gasteiger partial charge in [-0.3, -0.25) is 4.98 Å². The molecule has 1 aliphatic rings. The van der Waals surface area contributed by atoms with Gasteiger partial charge >= 0.3 is 6.03 Å². The van der Waals surface area contributed by atoms with E-state index in [1.54, 1.807) is 35.5 Å². The standard InChI is InChI=1S/C21H23F2N3O/c1-15-14-26(20(27)25-19-7-4-9-24-13-19)10-8-17(15)11-16-5-3-6-18(12-16)21(2,22)23/h3-7,9,11-13,15H,8,10,14H2,1-2H3,(H,25,27). The van der Waals surface area contributed by atoms with Crippen molar-refractivity contribution in [1.29, 1.82) is 0 Å². The third kappa shape index (κ3) is 4.90. The lowest BCUT2D eigenvalue weighted by Crippen LogP contribution is -2.42. The number of pyridine rings is 1. The zero-order chi connectivity index (χ0) is 19.4. The van der Waals surface area contributed by atoms with Gasteiger partial charge in [-0.25, -0.2) is 13.6 Å². The first kappa shape index (κ1) is 19.0. The molecule has 1 fully saturated rings. The maximum absolute atomic E-state index is 13.5. The van der Waals surface area contributed by atoms with Gasteiger partial charge in [0.05, 0.1) is 11.9 Å². The summed E-state index contributed by atoms with van der Waals surface area (Å²) in [7, 11) is 0. The van der Waals surface area contributed by atoms with Crippen molar-refractivity contribution in [3.05, 3.63) is 65.5 Å². The van der Waals surface area contributed by atoms with Gasteiger partial charge in [-0.15, -0.1) is 0 Å². The lowest BCUT2D eigenvalue weighted by Gasteiger charge is -2.33. The van der Waals surface area contributed by atoms with Crippen LogP contribution in [-0.4, -0.2) is 29.0 Å². The quantitative estimate of drug-likeness (QED) is 0.811. The van der Waals surface area contributed by atoms with Crippen molar-refractivity contribution in [2.45, 2.75) is 26.2 Å². The summed E-state index contributed by atoms with van der Waals surface area (Å²) in [6, 6.07) is 9.86. The molecule has 27 heavy (non-hydrogen) atoms. The Morgan fingerprint density at radius 1 is 1.33 bits per heavy atom. The molecule has 0 bridgehead atoms. The highest BCUT2D eigenvalue weighted by molar-refractivity contribution is 5.89. The van der Waals surface area contributed by atoms with Crippen LogP contribution >= 0.6 is 0 Å². The maximum atomic E-state index is 13.5. The molecule has 0 radical (unpaired) electrons. The van der Waals surface area contributed by atoms with E-state index in [1.807, 2.05) is 19.1 Å². The van der Waals surface area contributed by atoms with Crippen LogP contribution in [0.5, 0.6) is 0 Å². The van der Waals surface area contributed by atoms with E-state index in [4.69, 9.17) is 0 Å². The number of hydrogen-bond acceptors (Lipinski definition) is 2. The van der Waals surface area contributed by atoms with Crippen molar-refractivity contribution in [3.63, 3.8) is 0 Å². The van der Waals surface area contributed by atoms with E-state index < -0.39 is 5.92 Å². The number of anilines is 1. The molecule has 6 heteroatoms. The summed E-state index contributed by atoms with van der Waals surface area (Å²) in [5, 5.41) is 2.84. The summed E-state index contributed by atoms with van der Waals surface area (Å²) < 4.78 is 27.1. The second kappa shape index (κ2) is 7.86. The second-order valence-corrected chi connectivity index (χ2v) is 7.00. The Bertz CT molecular complexity index is 831. The van der Waals surface area contributed by atoms with Gasteiger partial charge in [-0.1, -0.05) is 36.8 Å². The van der Waals surface area contributed by atoms with Crippen molar-refractivity contribution in [2.75, 3.05) is 18.4 Å². The van der Waals surface area contributed by atoms with Crippen LogP contribution in [0.4, 0.5) is 19.3 Å². The molecule has 1 saturated heterocycles. The van der Waals surface area contributed by atoms with Crippen LogP contribution in [-0.2, 0) is 5.92 Å². The van der Waals surface area contributed by atoms with Crippen LogP contribution in [0.1, 0.15) is 31.4 Å². The number of carbonyl (C=O) groups excluding carboxylic acids is 1. The van der Waals surface area contributed by atoms with Gasteiger partial charge in [0.15, 0.2) is 0 Å². The van der Waals surface area contributed by atoms with Gasteiger partial charge in [0.1, 0.15) is 0 Å². The largest absolute Gasteiger partial charge is 0.324 e. The molecule has 0 saturated carbocycles. The molecule has 142 valence electrons. The van der Waals surface area contributed by atoms with Gasteiger partial charge in [-0.05, 0) is 36.1 Å². The fourth-order valence-electron chi connectivity index (χ4n) is 3.20. The number of rotatable bonds is 3. The Labute approximate surface area is 157 Å². The Balaban J connectivity index is 1.66. The summed E-state index contributed by atoms with van der Waals surface area (Å²) in [5.74, 6) is -2.70. The van der Waals surface area contributed by atoms with Crippen LogP contribution in [0, 0.1) is 5.92 Å². The zero-order valence-corrected chi connectivity index (χ0v) is 15.5. The Hall–Kier alpha value is -2.76. The van der Waals surface area contributed by atoms with E-state index in [0.29, 0.717) is 25.2 Å². The predicted octanol–water partition coefficient (Wildman–Crippen LogP) is 5.15. The highest BCUT2D eigenvalue weighted by Gasteiger charge is 2.26. The smallest absolute Gasteiger partial charge is 0.321 e. The summed E-state index contributed by atoms with van der Waals surface area (Å²) in [6.07, 6.45) is 5.94. The summed E-state index contributed by atoms with van der Waals surface area (Å²) >= 11 is 0. The third-order valence-corrected chi connectivity index (χ3v) is 4.74. The monoisotopic (exact) mass is 371 g/mol. The van der Waals surface area contributed by atoms with E-state index in [-0.39, 0.29) is 17.5 Å². The van der Waals surface area contributed by atoms with Gasteiger partial charge in [0.25, 0.3) is 5.92 Å². The number of benzene rings is 1. The van der Waals surface area contributed by atoms with E-state index in [2.05, 4.69) is 10.3 Å². The maximum Gasteiger partial charge on any atom is 0.321 e. The molecule has 1 aromatic carbocycles. The number of nitrogens with zero attached hydrogens (tertiary/aromatic N) is 2. The van der Waals surface area contributed by atoms with Crippen LogP contribution in [0.3, 0.4) is 0 Å². The number of aromatic nitrogens is 1. The van der Waals surface area contributed by atoms with E-state index >= 15 is 0 Å². The summed E-state index contributed by atoms with van der Waals surface area (Å²) in [6.45, 7) is 4.13. The van der Waals surface area contributed by atoms with Crippen LogP contribution in [0.15, 0.2) is 54.4 Å². The number of amides is 2. The number of alkyl halides is 2. The highest BCUT2D eigenvalue weighted by Crippen LogP contribution is 2.30. The number of urea groups is 1. The Morgan fingerprint density at radius 2 is 2.15 bits per heavy atom. The summed E-state index contributed by atoms with van der Waals surface area (Å²) in [5.41, 5.74) is 2.60. The molecule has 2 heterocycles. The molecule has 0 spiro atoms. The fourth-order valence-corrected chi connectivity index (χ4v) is 3.20. The number of piperidine rings is 1. The number of carbonyl (C=O) groups is 1. The number of nitrogens with one attached hydrogen (secondary N) is 1. The van der Waals surface area contributed by atoms with Gasteiger partial charge in [0, 0.05) is 31.8 Å². The molecule has 1 aromatic heterocycles. The number of likely N-dealkylation sites (tertiary alicyclic amines) is 1. The molecule has 4 nitrogen and oxygen atoms in total. The molecule has 1 aliphatic heterocycles. The molecular weight excluding hydrogens is 348 g/mol. The Morgan fingerprint density at radius 3 is 2.81 bits per heavy atom. The third-order valence-electron chi connectivity index (χ3n) is 4.74. The predicted molar refractivity (Wildman–Crippen MR) is 103 cm³/mol. The molecule has 1 N–H and O–H groups in total. The fraction of sp³-hybridized carbons (Fsp3) is 0.333. The van der Waals surface area contributed by atoms with Crippen molar-refractivity contribution < 1.29 is 13.6 Å². The lowest BCUT2D eigenvalue weighted by atomic mass is 9.91. The van der Waals surface area contributed by atoms with Gasteiger partial charge in [-0.2, -0.15) is 0 Å². The average Bonchev–Trinajstić information content (AvgIpc) is 2.64. The zero-order valence-electron chi connectivity index (χ0n) is 15.5. The van der Waals surface area contributed by atoms with Gasteiger partial charge in [0.2, 0.25) is 0 Å². The van der Waals surface area contributed by atoms with E-state index in [0.717, 1.165) is 18.1 Å². The SMILES string of the molecule is CC1CN(C(=O)Nc2cccnc2)CCC1=Cc1cccc(C(C)(F)F)c1. The lowest BCUT2D eigenvalue weighted by molar-refractivity contribution is 0.0174. The average molecular weight is 371 g/mol. The van der Waals surface area contributed by atoms with E-state index in [9.17, 15) is 13.6 Å². The summed E-state index contributed by atoms with van der Waals surface area (Å²) in [4.78, 5) is 18.2. The molecular formula is C21H23F2N3O. The first-order chi connectivity index (χ1) is 12.8. The van der Waals surface area contributed by atoms with E-state index in [1.165, 1.54) is 12.1 Å². The minimum absolute atomic E-state index is 0.0118. The van der Waals surface area contributed by atoms with Crippen molar-refractivity contribution in [1.82, 2.24) is 9.88 Å². The number of halogens is 2. The molecule has 3 rings (SSSR count). The minimum atomic E-state index is -2.85. The van der Waals surface area contributed by atoms with Crippen molar-refractivity contribution >= 4 is 17.8 Å². The topological polar surface area (TPSA) is 45.2 Å². The minimum Gasteiger partial charge on any atom is -0.324 e. The first-order valence-electron chi connectivity index (χ1n) is 8.98. The normalized spacial score (nSPS) is 19.2. The molecule has 2 amide bonds. The first-order valence-corrected chi connectivity index (χ1v) is 8.98. The second-order valence-electron chi connectivity index (χ2n) is 7.00. The molecule has 1 atom stereocenters. The molecule has 2 aromatic rings. The van der Waals surface area contributed by atoms with Crippen molar-refractivity contribution in [2.24, 2.45) is 5.92 Å². The Kier molecular flexibility index (Phi) is 5.54. The van der Waals surface area contributed by atoms with Crippen molar-refractivity contribution in [3.8, 4) is 0 Å². The number of hydrogen-bond donors (Lipinski definition) is 1. The van der Waals surface area contributed by atoms with Crippen LogP contribution in [0.2, 0.25) is 0 Å². The highest BCUT2D eigenvalue weighted by atomic mass is 19.3. The molecule has 1 unspecified atom stereocenters. The molecule has 0 aliphatic carbocycles.